The van der Waals surface area contributed by atoms with Gasteiger partial charge < -0.3 is 0 Å². The predicted molar refractivity (Wildman–Crippen MR) is 108 cm³/mol. The highest BCUT2D eigenvalue weighted by molar-refractivity contribution is 6.30. The Kier molecular flexibility index (Phi) is 5.13. The quantitative estimate of drug-likeness (QED) is 0.462. The summed E-state index contributed by atoms with van der Waals surface area (Å²) < 4.78 is 4.56. The highest BCUT2D eigenvalue weighted by atomic mass is 35.5. The molecular formula is C23H24ClN2O+. The zero-order valence-corrected chi connectivity index (χ0v) is 16.4. The van der Waals surface area contributed by atoms with Crippen LogP contribution in [0.15, 0.2) is 54.7 Å². The number of carbonyl (C=O) groups is 1. The fourth-order valence-corrected chi connectivity index (χ4v) is 3.94. The number of Topliss-reactive ketones (excluding diaryl/α,β-unsaturated/α-hetero) is 1. The van der Waals surface area contributed by atoms with Gasteiger partial charge in [0.15, 0.2) is 12.2 Å². The molecule has 1 aromatic heterocycles. The summed E-state index contributed by atoms with van der Waals surface area (Å²) in [4.78, 5) is 12.8. The van der Waals surface area contributed by atoms with Gasteiger partial charge in [-0.3, -0.25) is 4.79 Å². The van der Waals surface area contributed by atoms with Crippen molar-refractivity contribution >= 4 is 17.4 Å². The maximum absolute atomic E-state index is 12.8. The Hall–Kier alpha value is -2.39. The average molecular weight is 380 g/mol. The van der Waals surface area contributed by atoms with Gasteiger partial charge in [-0.2, -0.15) is 0 Å². The summed E-state index contributed by atoms with van der Waals surface area (Å²) in [5.74, 6) is 1.37. The van der Waals surface area contributed by atoms with E-state index < -0.39 is 0 Å². The van der Waals surface area contributed by atoms with Gasteiger partial charge in [0.1, 0.15) is 6.20 Å². The van der Waals surface area contributed by atoms with Crippen LogP contribution in [0.1, 0.15) is 41.0 Å². The Bertz CT molecular complexity index is 955. The Morgan fingerprint density at radius 2 is 1.78 bits per heavy atom. The van der Waals surface area contributed by atoms with Crippen molar-refractivity contribution in [1.82, 2.24) is 4.57 Å². The lowest BCUT2D eigenvalue weighted by atomic mass is 10.1. The Morgan fingerprint density at radius 1 is 1.04 bits per heavy atom. The number of aryl methyl sites for hydroxylation is 1. The van der Waals surface area contributed by atoms with Gasteiger partial charge in [0.2, 0.25) is 5.78 Å². The molecule has 0 N–H and O–H groups in total. The molecule has 0 saturated carbocycles. The summed E-state index contributed by atoms with van der Waals surface area (Å²) in [6.07, 6.45) is 6.76. The molecule has 3 nitrogen and oxygen atoms in total. The second kappa shape index (κ2) is 7.69. The zero-order chi connectivity index (χ0) is 18.8. The number of rotatable bonds is 4. The lowest BCUT2D eigenvalue weighted by molar-refractivity contribution is -0.690. The van der Waals surface area contributed by atoms with Gasteiger partial charge in [0.05, 0.1) is 6.54 Å². The van der Waals surface area contributed by atoms with E-state index >= 15 is 0 Å². The fraction of sp³-hybridized carbons (Fsp3) is 0.304. The van der Waals surface area contributed by atoms with Crippen LogP contribution in [0.5, 0.6) is 0 Å². The number of hydrogen-bond donors (Lipinski definition) is 0. The van der Waals surface area contributed by atoms with Gasteiger partial charge in [0, 0.05) is 22.6 Å². The van der Waals surface area contributed by atoms with Gasteiger partial charge in [0.25, 0.3) is 5.82 Å². The second-order valence-electron chi connectivity index (χ2n) is 7.32. The standard InChI is InChI=1S/C23H24ClN2O/c1-17-6-8-18(9-7-17)21-15-25(23-5-3-2-4-14-26(21)23)16-22(27)19-10-12-20(24)13-11-19/h6-13,15H,2-5,14,16H2,1H3/q+1. The fourth-order valence-electron chi connectivity index (χ4n) is 3.82. The lowest BCUT2D eigenvalue weighted by Crippen LogP contribution is -2.40. The summed E-state index contributed by atoms with van der Waals surface area (Å²) >= 11 is 5.95. The first-order chi connectivity index (χ1) is 13.1. The van der Waals surface area contributed by atoms with E-state index in [9.17, 15) is 4.79 Å². The molecule has 3 aromatic rings. The van der Waals surface area contributed by atoms with E-state index in [1.165, 1.54) is 41.9 Å². The summed E-state index contributed by atoms with van der Waals surface area (Å²) in [5.41, 5.74) is 4.38. The second-order valence-corrected chi connectivity index (χ2v) is 7.75. The van der Waals surface area contributed by atoms with Crippen molar-refractivity contribution in [2.75, 3.05) is 0 Å². The number of ketones is 1. The number of aromatic nitrogens is 2. The van der Waals surface area contributed by atoms with E-state index in [4.69, 9.17) is 11.6 Å². The average Bonchev–Trinajstić information content (AvgIpc) is 2.84. The van der Waals surface area contributed by atoms with Crippen molar-refractivity contribution in [2.45, 2.75) is 45.7 Å². The van der Waals surface area contributed by atoms with Crippen LogP contribution in [0.2, 0.25) is 5.02 Å². The molecule has 0 atom stereocenters. The van der Waals surface area contributed by atoms with Gasteiger partial charge in [-0.25, -0.2) is 9.13 Å². The van der Waals surface area contributed by atoms with Crippen LogP contribution in [-0.2, 0) is 19.5 Å². The first kappa shape index (κ1) is 18.0. The molecule has 0 unspecified atom stereocenters. The molecule has 0 fully saturated rings. The number of carbonyl (C=O) groups excluding carboxylic acids is 1. The monoisotopic (exact) mass is 379 g/mol. The third-order valence-electron chi connectivity index (χ3n) is 5.32. The third kappa shape index (κ3) is 3.84. The van der Waals surface area contributed by atoms with Crippen molar-refractivity contribution in [2.24, 2.45) is 0 Å². The first-order valence-electron chi connectivity index (χ1n) is 9.59. The molecule has 0 amide bonds. The molecule has 0 bridgehead atoms. The molecule has 0 spiro atoms. The van der Waals surface area contributed by atoms with Gasteiger partial charge in [-0.05, 0) is 50.5 Å². The van der Waals surface area contributed by atoms with Crippen molar-refractivity contribution < 1.29 is 9.36 Å². The minimum atomic E-state index is 0.116. The molecule has 0 radical (unpaired) electrons. The molecule has 138 valence electrons. The molecule has 0 saturated heterocycles. The zero-order valence-electron chi connectivity index (χ0n) is 15.6. The SMILES string of the molecule is Cc1ccc(-c2c[n+](CC(=O)c3ccc(Cl)cc3)c3n2CCCCC3)cc1. The molecular weight excluding hydrogens is 356 g/mol. The largest absolute Gasteiger partial charge is 0.290 e. The number of benzene rings is 2. The Labute approximate surface area is 165 Å². The summed E-state index contributed by atoms with van der Waals surface area (Å²) in [6.45, 7) is 3.48. The molecule has 27 heavy (non-hydrogen) atoms. The Balaban J connectivity index is 1.71. The predicted octanol–water partition coefficient (Wildman–Crippen LogP) is 5.01. The molecule has 0 aliphatic carbocycles. The maximum Gasteiger partial charge on any atom is 0.257 e. The minimum Gasteiger partial charge on any atom is -0.290 e. The number of hydrogen-bond acceptors (Lipinski definition) is 1. The summed E-state index contributed by atoms with van der Waals surface area (Å²) in [6, 6.07) is 15.8. The highest BCUT2D eigenvalue weighted by Crippen LogP contribution is 2.24. The molecule has 1 aliphatic rings. The normalized spacial score (nSPS) is 13.9. The van der Waals surface area contributed by atoms with E-state index in [-0.39, 0.29) is 5.78 Å². The minimum absolute atomic E-state index is 0.116. The van der Waals surface area contributed by atoms with E-state index in [1.807, 2.05) is 0 Å². The smallest absolute Gasteiger partial charge is 0.257 e. The lowest BCUT2D eigenvalue weighted by Gasteiger charge is -2.03. The third-order valence-corrected chi connectivity index (χ3v) is 5.57. The van der Waals surface area contributed by atoms with Crippen LogP contribution >= 0.6 is 11.6 Å². The summed E-state index contributed by atoms with van der Waals surface area (Å²) in [7, 11) is 0. The number of nitrogens with zero attached hydrogens (tertiary/aromatic N) is 2. The number of fused-ring (bicyclic) bond motifs is 1. The van der Waals surface area contributed by atoms with Crippen LogP contribution in [0.25, 0.3) is 11.3 Å². The first-order valence-corrected chi connectivity index (χ1v) is 9.97. The van der Waals surface area contributed by atoms with E-state index in [0.717, 1.165) is 13.0 Å². The van der Waals surface area contributed by atoms with Crippen LogP contribution in [0.3, 0.4) is 0 Å². The van der Waals surface area contributed by atoms with E-state index in [1.54, 1.807) is 24.3 Å². The highest BCUT2D eigenvalue weighted by Gasteiger charge is 2.27. The van der Waals surface area contributed by atoms with Crippen molar-refractivity contribution in [3.05, 3.63) is 76.7 Å². The number of imidazole rings is 1. The van der Waals surface area contributed by atoms with Gasteiger partial charge in [-0.15, -0.1) is 0 Å². The summed E-state index contributed by atoms with van der Waals surface area (Å²) in [5, 5.41) is 0.651. The van der Waals surface area contributed by atoms with Crippen LogP contribution in [0.4, 0.5) is 0 Å². The van der Waals surface area contributed by atoms with Gasteiger partial charge in [-0.1, -0.05) is 41.4 Å². The molecule has 2 aromatic carbocycles. The van der Waals surface area contributed by atoms with Crippen molar-refractivity contribution in [3.8, 4) is 11.3 Å². The molecule has 2 heterocycles. The number of halogens is 1. The molecule has 4 rings (SSSR count). The van der Waals surface area contributed by atoms with E-state index in [0.29, 0.717) is 17.1 Å². The van der Waals surface area contributed by atoms with Gasteiger partial charge >= 0.3 is 0 Å². The van der Waals surface area contributed by atoms with Crippen LogP contribution in [-0.4, -0.2) is 10.4 Å². The molecule has 1 aliphatic heterocycles. The van der Waals surface area contributed by atoms with Crippen molar-refractivity contribution in [3.63, 3.8) is 0 Å². The molecule has 4 heteroatoms. The van der Waals surface area contributed by atoms with Crippen LogP contribution < -0.4 is 4.57 Å². The topological polar surface area (TPSA) is 25.9 Å². The van der Waals surface area contributed by atoms with Crippen molar-refractivity contribution in [1.29, 1.82) is 0 Å². The Morgan fingerprint density at radius 3 is 2.52 bits per heavy atom. The van der Waals surface area contributed by atoms with Crippen LogP contribution in [0, 0.1) is 6.92 Å². The maximum atomic E-state index is 12.8. The van der Waals surface area contributed by atoms with E-state index in [2.05, 4.69) is 46.5 Å².